The smallest absolute Gasteiger partial charge is 0.0465 e. The zero-order valence-corrected chi connectivity index (χ0v) is 35.0. The lowest BCUT2D eigenvalue weighted by Gasteiger charge is -2.28. The number of hydrogen-bond donors (Lipinski definition) is 0. The highest BCUT2D eigenvalue weighted by Gasteiger charge is 2.37. The van der Waals surface area contributed by atoms with Gasteiger partial charge in [-0.1, -0.05) is 202 Å². The van der Waals surface area contributed by atoms with Crippen molar-refractivity contribution in [1.29, 1.82) is 0 Å². The Kier molecular flexibility index (Phi) is 9.24. The van der Waals surface area contributed by atoms with Gasteiger partial charge in [0.1, 0.15) is 0 Å². The maximum absolute atomic E-state index is 2.43. The predicted octanol–water partition coefficient (Wildman–Crippen LogP) is 17.0. The number of fused-ring (bicyclic) bond motifs is 4. The third kappa shape index (κ3) is 6.60. The monoisotopic (exact) mass is 791 g/mol. The van der Waals surface area contributed by atoms with Crippen LogP contribution in [-0.2, 0) is 5.41 Å². The summed E-state index contributed by atoms with van der Waals surface area (Å²) in [5.74, 6) is 0. The van der Waals surface area contributed by atoms with E-state index in [1.54, 1.807) is 0 Å². The Morgan fingerprint density at radius 3 is 1.21 bits per heavy atom. The summed E-state index contributed by atoms with van der Waals surface area (Å²) in [6.07, 6.45) is 0. The van der Waals surface area contributed by atoms with Gasteiger partial charge in [0.15, 0.2) is 0 Å². The van der Waals surface area contributed by atoms with Crippen LogP contribution < -0.4 is 4.90 Å². The average Bonchev–Trinajstić information content (AvgIpc) is 3.57. The van der Waals surface area contributed by atoms with Gasteiger partial charge >= 0.3 is 0 Å². The lowest BCUT2D eigenvalue weighted by atomic mass is 9.81. The third-order valence-electron chi connectivity index (χ3n) is 12.9. The van der Waals surface area contributed by atoms with Gasteiger partial charge in [0.05, 0.1) is 0 Å². The highest BCUT2D eigenvalue weighted by atomic mass is 15.1. The first-order valence-corrected chi connectivity index (χ1v) is 21.6. The third-order valence-corrected chi connectivity index (χ3v) is 12.9. The second kappa shape index (κ2) is 15.4. The molecule has 0 saturated carbocycles. The van der Waals surface area contributed by atoms with E-state index in [1.807, 2.05) is 0 Å². The fourth-order valence-electron chi connectivity index (χ4n) is 9.63. The van der Waals surface area contributed by atoms with Crippen molar-refractivity contribution in [2.24, 2.45) is 0 Å². The molecule has 0 atom stereocenters. The molecule has 1 aliphatic carbocycles. The predicted molar refractivity (Wildman–Crippen MR) is 263 cm³/mol. The minimum atomic E-state index is -0.177. The molecule has 10 aromatic rings. The van der Waals surface area contributed by atoms with Crippen LogP contribution in [0.1, 0.15) is 25.0 Å². The average molecular weight is 792 g/mol. The lowest BCUT2D eigenvalue weighted by molar-refractivity contribution is 0.660. The molecule has 0 aliphatic heterocycles. The minimum absolute atomic E-state index is 0.177. The SMILES string of the molecule is CC1(C)c2cc(N(c3ccc(-c4ccccc4)cc3)c3ccc(-c4cc5ccccc5cc4-c4ccc(-c5ccccc5)cc4)cc3)ccc2-c2c(-c3ccccc3)cccc21. The molecular weight excluding hydrogens is 747 g/mol. The van der Waals surface area contributed by atoms with Crippen molar-refractivity contribution >= 4 is 27.8 Å². The van der Waals surface area contributed by atoms with E-state index >= 15 is 0 Å². The summed E-state index contributed by atoms with van der Waals surface area (Å²) in [7, 11) is 0. The van der Waals surface area contributed by atoms with Gasteiger partial charge in [0.25, 0.3) is 0 Å². The van der Waals surface area contributed by atoms with E-state index in [1.165, 1.54) is 88.7 Å². The number of rotatable bonds is 8. The van der Waals surface area contributed by atoms with Crippen molar-refractivity contribution in [3.05, 3.63) is 248 Å². The topological polar surface area (TPSA) is 3.24 Å². The van der Waals surface area contributed by atoms with E-state index in [-0.39, 0.29) is 5.41 Å². The highest BCUT2D eigenvalue weighted by Crippen LogP contribution is 2.54. The molecule has 0 amide bonds. The molecule has 0 spiro atoms. The van der Waals surface area contributed by atoms with Crippen LogP contribution in [0, 0.1) is 0 Å². The van der Waals surface area contributed by atoms with E-state index in [9.17, 15) is 0 Å². The fraction of sp³-hybridized carbons (Fsp3) is 0.0492. The van der Waals surface area contributed by atoms with Gasteiger partial charge in [-0.15, -0.1) is 0 Å². The molecule has 62 heavy (non-hydrogen) atoms. The van der Waals surface area contributed by atoms with Crippen molar-refractivity contribution in [2.45, 2.75) is 19.3 Å². The molecule has 10 aromatic carbocycles. The molecule has 1 nitrogen and oxygen atoms in total. The first-order valence-electron chi connectivity index (χ1n) is 21.6. The number of benzene rings is 10. The van der Waals surface area contributed by atoms with Gasteiger partial charge in [-0.25, -0.2) is 0 Å². The molecule has 0 fully saturated rings. The molecule has 0 saturated heterocycles. The Bertz CT molecular complexity index is 3200. The van der Waals surface area contributed by atoms with Crippen molar-refractivity contribution in [2.75, 3.05) is 4.90 Å². The summed E-state index contributed by atoms with van der Waals surface area (Å²) in [6, 6.07) is 86.5. The second-order valence-electron chi connectivity index (χ2n) is 16.9. The highest BCUT2D eigenvalue weighted by molar-refractivity contribution is 5.98. The Morgan fingerprint density at radius 2 is 0.677 bits per heavy atom. The molecule has 0 radical (unpaired) electrons. The number of hydrogen-bond acceptors (Lipinski definition) is 1. The van der Waals surface area contributed by atoms with E-state index in [0.29, 0.717) is 0 Å². The first kappa shape index (κ1) is 37.3. The maximum atomic E-state index is 2.43. The molecule has 0 heterocycles. The summed E-state index contributed by atoms with van der Waals surface area (Å²) < 4.78 is 0. The van der Waals surface area contributed by atoms with Crippen LogP contribution in [0.4, 0.5) is 17.1 Å². The van der Waals surface area contributed by atoms with E-state index < -0.39 is 0 Å². The normalized spacial score (nSPS) is 12.5. The Balaban J connectivity index is 1.02. The maximum Gasteiger partial charge on any atom is 0.0465 e. The molecule has 1 heteroatoms. The molecule has 0 N–H and O–H groups in total. The Labute approximate surface area is 364 Å². The van der Waals surface area contributed by atoms with Crippen LogP contribution in [0.3, 0.4) is 0 Å². The van der Waals surface area contributed by atoms with E-state index in [0.717, 1.165) is 17.1 Å². The van der Waals surface area contributed by atoms with E-state index in [4.69, 9.17) is 0 Å². The van der Waals surface area contributed by atoms with Crippen LogP contribution in [-0.4, -0.2) is 0 Å². The summed E-state index contributed by atoms with van der Waals surface area (Å²) in [4.78, 5) is 2.42. The molecule has 1 aliphatic rings. The van der Waals surface area contributed by atoms with Crippen molar-refractivity contribution in [3.63, 3.8) is 0 Å². The van der Waals surface area contributed by atoms with Crippen molar-refractivity contribution in [1.82, 2.24) is 0 Å². The van der Waals surface area contributed by atoms with Crippen LogP contribution in [0.25, 0.3) is 77.5 Å². The largest absolute Gasteiger partial charge is 0.310 e. The van der Waals surface area contributed by atoms with Gasteiger partial charge < -0.3 is 4.90 Å². The molecular formula is C61H45N. The van der Waals surface area contributed by atoms with Crippen LogP contribution in [0.5, 0.6) is 0 Å². The minimum Gasteiger partial charge on any atom is -0.310 e. The summed E-state index contributed by atoms with van der Waals surface area (Å²) in [5.41, 5.74) is 20.7. The Morgan fingerprint density at radius 1 is 0.274 bits per heavy atom. The quantitative estimate of drug-likeness (QED) is 0.148. The van der Waals surface area contributed by atoms with Crippen molar-refractivity contribution < 1.29 is 0 Å². The summed E-state index contributed by atoms with van der Waals surface area (Å²) in [6.45, 7) is 4.75. The zero-order valence-electron chi connectivity index (χ0n) is 35.0. The fourth-order valence-corrected chi connectivity index (χ4v) is 9.63. The van der Waals surface area contributed by atoms with Crippen LogP contribution >= 0.6 is 0 Å². The lowest BCUT2D eigenvalue weighted by Crippen LogP contribution is -2.16. The summed E-state index contributed by atoms with van der Waals surface area (Å²) in [5, 5.41) is 2.46. The first-order chi connectivity index (χ1) is 30.5. The van der Waals surface area contributed by atoms with Crippen LogP contribution in [0.2, 0.25) is 0 Å². The van der Waals surface area contributed by atoms with Gasteiger partial charge in [0, 0.05) is 22.5 Å². The van der Waals surface area contributed by atoms with Crippen LogP contribution in [0.15, 0.2) is 237 Å². The molecule has 0 aromatic heterocycles. The van der Waals surface area contributed by atoms with Gasteiger partial charge in [0.2, 0.25) is 0 Å². The van der Waals surface area contributed by atoms with Gasteiger partial charge in [-0.2, -0.15) is 0 Å². The molecule has 0 unspecified atom stereocenters. The molecule has 294 valence electrons. The molecule has 0 bridgehead atoms. The number of anilines is 3. The van der Waals surface area contributed by atoms with E-state index in [2.05, 4.69) is 255 Å². The molecule has 11 rings (SSSR count). The zero-order chi connectivity index (χ0) is 41.6. The van der Waals surface area contributed by atoms with Crippen molar-refractivity contribution in [3.8, 4) is 66.8 Å². The number of nitrogens with zero attached hydrogens (tertiary/aromatic N) is 1. The second-order valence-corrected chi connectivity index (χ2v) is 16.9. The Hall–Kier alpha value is -7.74. The van der Waals surface area contributed by atoms with Gasteiger partial charge in [-0.05, 0) is 137 Å². The van der Waals surface area contributed by atoms with Gasteiger partial charge in [-0.3, -0.25) is 0 Å². The summed E-state index contributed by atoms with van der Waals surface area (Å²) >= 11 is 0. The standard InChI is InChI=1S/C61H45N/c1-61(2)58-24-14-23-54(46-19-10-5-11-20-46)60(58)55-38-37-53(41-59(55)61)62(51-33-29-45(30-34-51)43-17-8-4-9-18-43)52-35-31-48(32-36-52)57-40-50-22-13-12-21-49(50)39-56(57)47-27-25-44(26-28-47)42-15-6-3-7-16-42/h3-41H,1-2H3.